The van der Waals surface area contributed by atoms with E-state index in [2.05, 4.69) is 20.6 Å². The third-order valence-corrected chi connectivity index (χ3v) is 3.71. The molecule has 0 atom stereocenters. The van der Waals surface area contributed by atoms with Crippen LogP contribution in [-0.4, -0.2) is 55.7 Å². The second kappa shape index (κ2) is 6.48. The highest BCUT2D eigenvalue weighted by Gasteiger charge is 2.19. The molecule has 114 valence electrons. The van der Waals surface area contributed by atoms with Gasteiger partial charge in [-0.1, -0.05) is 24.3 Å². The Bertz CT molecular complexity index is 643. The largest absolute Gasteiger partial charge is 0.393 e. The maximum atomic E-state index is 12.1. The normalized spacial score (nSPS) is 16.3. The fourth-order valence-corrected chi connectivity index (χ4v) is 2.39. The standard InChI is InChI=1S/C15H17N5O2/c21-13-7-9-20(10-8-13)14(22)6-3-11-1-4-12(5-2-11)15-16-18-19-17-15/h1-6,13,21H,7-10H2,(H,16,17,18,19)/b6-3+. The molecule has 2 aromatic rings. The summed E-state index contributed by atoms with van der Waals surface area (Å²) in [6, 6.07) is 7.56. The van der Waals surface area contributed by atoms with E-state index in [0.29, 0.717) is 31.8 Å². The second-order valence-corrected chi connectivity index (χ2v) is 5.25. The van der Waals surface area contributed by atoms with E-state index < -0.39 is 0 Å². The van der Waals surface area contributed by atoms with Gasteiger partial charge in [-0.05, 0) is 29.7 Å². The molecule has 1 amide bonds. The van der Waals surface area contributed by atoms with Crippen LogP contribution in [-0.2, 0) is 4.79 Å². The summed E-state index contributed by atoms with van der Waals surface area (Å²) >= 11 is 0. The average Bonchev–Trinajstić information content (AvgIpc) is 3.08. The van der Waals surface area contributed by atoms with Gasteiger partial charge in [-0.15, -0.1) is 10.2 Å². The van der Waals surface area contributed by atoms with Crippen molar-refractivity contribution in [2.45, 2.75) is 18.9 Å². The predicted molar refractivity (Wildman–Crippen MR) is 80.5 cm³/mol. The van der Waals surface area contributed by atoms with Gasteiger partial charge in [0.15, 0.2) is 0 Å². The van der Waals surface area contributed by atoms with Gasteiger partial charge in [-0.3, -0.25) is 4.79 Å². The molecule has 1 aromatic heterocycles. The molecule has 2 N–H and O–H groups in total. The number of piperidine rings is 1. The number of aliphatic hydroxyl groups is 1. The van der Waals surface area contributed by atoms with Crippen LogP contribution in [0.1, 0.15) is 18.4 Å². The van der Waals surface area contributed by atoms with E-state index in [9.17, 15) is 9.90 Å². The van der Waals surface area contributed by atoms with Crippen molar-refractivity contribution in [1.29, 1.82) is 0 Å². The highest BCUT2D eigenvalue weighted by molar-refractivity contribution is 5.91. The third kappa shape index (κ3) is 3.37. The Morgan fingerprint density at radius 3 is 2.64 bits per heavy atom. The van der Waals surface area contributed by atoms with Crippen LogP contribution in [0.15, 0.2) is 30.3 Å². The number of nitrogens with one attached hydrogen (secondary N) is 1. The first-order valence-corrected chi connectivity index (χ1v) is 7.21. The van der Waals surface area contributed by atoms with Crippen molar-refractivity contribution in [3.63, 3.8) is 0 Å². The van der Waals surface area contributed by atoms with E-state index in [-0.39, 0.29) is 12.0 Å². The third-order valence-electron chi connectivity index (χ3n) is 3.71. The summed E-state index contributed by atoms with van der Waals surface area (Å²) in [5.74, 6) is 0.521. The molecule has 22 heavy (non-hydrogen) atoms. The molecule has 0 spiro atoms. The molecule has 3 rings (SSSR count). The molecule has 0 aliphatic carbocycles. The lowest BCUT2D eigenvalue weighted by molar-refractivity contribution is -0.127. The molecule has 0 radical (unpaired) electrons. The molecular formula is C15H17N5O2. The van der Waals surface area contributed by atoms with Crippen molar-refractivity contribution in [3.8, 4) is 11.4 Å². The van der Waals surface area contributed by atoms with Crippen LogP contribution in [0.3, 0.4) is 0 Å². The Morgan fingerprint density at radius 1 is 1.27 bits per heavy atom. The summed E-state index contributed by atoms with van der Waals surface area (Å²) in [5, 5.41) is 23.2. The smallest absolute Gasteiger partial charge is 0.246 e. The van der Waals surface area contributed by atoms with E-state index in [1.807, 2.05) is 24.3 Å². The molecule has 7 heteroatoms. The maximum absolute atomic E-state index is 12.1. The summed E-state index contributed by atoms with van der Waals surface area (Å²) in [6.07, 6.45) is 4.39. The van der Waals surface area contributed by atoms with Crippen molar-refractivity contribution >= 4 is 12.0 Å². The van der Waals surface area contributed by atoms with Crippen LogP contribution in [0, 0.1) is 0 Å². The average molecular weight is 299 g/mol. The predicted octanol–water partition coefficient (Wildman–Crippen LogP) is 0.863. The molecule has 7 nitrogen and oxygen atoms in total. The summed E-state index contributed by atoms with van der Waals surface area (Å²) < 4.78 is 0. The fourth-order valence-electron chi connectivity index (χ4n) is 2.39. The minimum Gasteiger partial charge on any atom is -0.393 e. The summed E-state index contributed by atoms with van der Waals surface area (Å²) in [4.78, 5) is 13.8. The number of hydrogen-bond donors (Lipinski definition) is 2. The first-order chi connectivity index (χ1) is 10.7. The molecule has 1 fully saturated rings. The zero-order chi connectivity index (χ0) is 15.4. The molecule has 0 bridgehead atoms. The first-order valence-electron chi connectivity index (χ1n) is 7.21. The Balaban J connectivity index is 1.61. The van der Waals surface area contributed by atoms with Crippen molar-refractivity contribution in [1.82, 2.24) is 25.5 Å². The van der Waals surface area contributed by atoms with Gasteiger partial charge in [0.2, 0.25) is 11.7 Å². The van der Waals surface area contributed by atoms with E-state index in [1.54, 1.807) is 17.1 Å². The highest BCUT2D eigenvalue weighted by Crippen LogP contribution is 2.15. The number of hydrogen-bond acceptors (Lipinski definition) is 5. The van der Waals surface area contributed by atoms with E-state index in [0.717, 1.165) is 11.1 Å². The lowest BCUT2D eigenvalue weighted by Crippen LogP contribution is -2.39. The number of carbonyl (C=O) groups is 1. The van der Waals surface area contributed by atoms with Gasteiger partial charge in [0, 0.05) is 24.7 Å². The number of H-pyrrole nitrogens is 1. The molecular weight excluding hydrogens is 282 g/mol. The van der Waals surface area contributed by atoms with Crippen LogP contribution < -0.4 is 0 Å². The number of nitrogens with zero attached hydrogens (tertiary/aromatic N) is 4. The zero-order valence-electron chi connectivity index (χ0n) is 12.0. The maximum Gasteiger partial charge on any atom is 0.246 e. The number of aromatic nitrogens is 4. The van der Waals surface area contributed by atoms with Crippen LogP contribution in [0.2, 0.25) is 0 Å². The van der Waals surface area contributed by atoms with E-state index in [4.69, 9.17) is 0 Å². The topological polar surface area (TPSA) is 95.0 Å². The Hall–Kier alpha value is -2.54. The molecule has 1 aromatic carbocycles. The fraction of sp³-hybridized carbons (Fsp3) is 0.333. The number of aromatic amines is 1. The quantitative estimate of drug-likeness (QED) is 0.820. The molecule has 1 aliphatic rings. The monoisotopic (exact) mass is 299 g/mol. The lowest BCUT2D eigenvalue weighted by Gasteiger charge is -2.28. The molecule has 0 unspecified atom stereocenters. The van der Waals surface area contributed by atoms with Crippen LogP contribution in [0.5, 0.6) is 0 Å². The van der Waals surface area contributed by atoms with Gasteiger partial charge in [0.1, 0.15) is 0 Å². The van der Waals surface area contributed by atoms with Crippen LogP contribution in [0.4, 0.5) is 0 Å². The van der Waals surface area contributed by atoms with Gasteiger partial charge in [-0.25, -0.2) is 0 Å². The minimum absolute atomic E-state index is 0.0193. The molecule has 2 heterocycles. The van der Waals surface area contributed by atoms with Crippen molar-refractivity contribution in [3.05, 3.63) is 35.9 Å². The van der Waals surface area contributed by atoms with E-state index in [1.165, 1.54) is 0 Å². The number of likely N-dealkylation sites (tertiary alicyclic amines) is 1. The van der Waals surface area contributed by atoms with Gasteiger partial charge >= 0.3 is 0 Å². The molecule has 1 aliphatic heterocycles. The van der Waals surface area contributed by atoms with Gasteiger partial charge in [0.25, 0.3) is 0 Å². The van der Waals surface area contributed by atoms with Gasteiger partial charge in [0.05, 0.1) is 6.10 Å². The number of carbonyl (C=O) groups excluding carboxylic acids is 1. The molecule has 1 saturated heterocycles. The van der Waals surface area contributed by atoms with Gasteiger partial charge in [-0.2, -0.15) is 5.21 Å². The number of benzene rings is 1. The number of tetrazole rings is 1. The number of amides is 1. The number of rotatable bonds is 3. The van der Waals surface area contributed by atoms with Crippen molar-refractivity contribution < 1.29 is 9.90 Å². The molecule has 0 saturated carbocycles. The Kier molecular flexibility index (Phi) is 4.24. The zero-order valence-corrected chi connectivity index (χ0v) is 12.0. The summed E-state index contributed by atoms with van der Waals surface area (Å²) in [5.41, 5.74) is 1.79. The van der Waals surface area contributed by atoms with E-state index >= 15 is 0 Å². The van der Waals surface area contributed by atoms with Crippen molar-refractivity contribution in [2.24, 2.45) is 0 Å². The lowest BCUT2D eigenvalue weighted by atomic mass is 10.1. The Labute approximate surface area is 127 Å². The van der Waals surface area contributed by atoms with Gasteiger partial charge < -0.3 is 10.0 Å². The SMILES string of the molecule is O=C(/C=C/c1ccc(-c2nn[nH]n2)cc1)N1CCC(O)CC1. The Morgan fingerprint density at radius 2 is 2.00 bits per heavy atom. The summed E-state index contributed by atoms with van der Waals surface area (Å²) in [6.45, 7) is 1.22. The van der Waals surface area contributed by atoms with Crippen LogP contribution >= 0.6 is 0 Å². The minimum atomic E-state index is -0.272. The highest BCUT2D eigenvalue weighted by atomic mass is 16.3. The van der Waals surface area contributed by atoms with Crippen LogP contribution in [0.25, 0.3) is 17.5 Å². The summed E-state index contributed by atoms with van der Waals surface area (Å²) in [7, 11) is 0. The van der Waals surface area contributed by atoms with Crippen molar-refractivity contribution in [2.75, 3.05) is 13.1 Å². The number of aliphatic hydroxyl groups excluding tert-OH is 1. The first kappa shape index (κ1) is 14.4. The second-order valence-electron chi connectivity index (χ2n) is 5.25.